The summed E-state index contributed by atoms with van der Waals surface area (Å²) in [6.07, 6.45) is 10.5. The number of rotatable bonds is 5. The van der Waals surface area contributed by atoms with E-state index in [0.29, 0.717) is 5.92 Å². The minimum atomic E-state index is -0.289. The predicted octanol–water partition coefficient (Wildman–Crippen LogP) is 3.11. The van der Waals surface area contributed by atoms with Gasteiger partial charge in [0, 0.05) is 20.0 Å². The van der Waals surface area contributed by atoms with Crippen molar-refractivity contribution in [3.05, 3.63) is 0 Å². The van der Waals surface area contributed by atoms with Gasteiger partial charge in [-0.05, 0) is 43.9 Å². The van der Waals surface area contributed by atoms with Crippen molar-refractivity contribution in [2.75, 3.05) is 13.1 Å². The average molecular weight is 308 g/mol. The number of carbonyl (C=O) groups excluding carboxylic acids is 2. The van der Waals surface area contributed by atoms with Crippen LogP contribution in [0.5, 0.6) is 0 Å². The van der Waals surface area contributed by atoms with Crippen LogP contribution in [0.2, 0.25) is 0 Å². The van der Waals surface area contributed by atoms with Gasteiger partial charge in [0.2, 0.25) is 11.8 Å². The summed E-state index contributed by atoms with van der Waals surface area (Å²) < 4.78 is 0. The summed E-state index contributed by atoms with van der Waals surface area (Å²) in [5.74, 6) is 1.20. The third-order valence-corrected chi connectivity index (χ3v) is 5.35. The SMILES string of the molecule is CCCC1CCCN(C(=O)C(NC(C)=O)C2CCCC2)CC1. The Hall–Kier alpha value is -1.06. The smallest absolute Gasteiger partial charge is 0.245 e. The maximum Gasteiger partial charge on any atom is 0.245 e. The number of amides is 2. The molecule has 2 aliphatic rings. The van der Waals surface area contributed by atoms with Crippen LogP contribution in [-0.2, 0) is 9.59 Å². The summed E-state index contributed by atoms with van der Waals surface area (Å²) in [7, 11) is 0. The molecule has 1 saturated heterocycles. The highest BCUT2D eigenvalue weighted by Crippen LogP contribution is 2.29. The fourth-order valence-electron chi connectivity index (χ4n) is 4.17. The number of nitrogens with one attached hydrogen (secondary N) is 1. The van der Waals surface area contributed by atoms with Gasteiger partial charge in [0.15, 0.2) is 0 Å². The summed E-state index contributed by atoms with van der Waals surface area (Å²) in [5.41, 5.74) is 0. The summed E-state index contributed by atoms with van der Waals surface area (Å²) in [6.45, 7) is 5.49. The second-order valence-corrected chi connectivity index (χ2v) is 7.13. The van der Waals surface area contributed by atoms with E-state index in [-0.39, 0.29) is 17.9 Å². The van der Waals surface area contributed by atoms with Crippen molar-refractivity contribution in [3.8, 4) is 0 Å². The van der Waals surface area contributed by atoms with E-state index in [4.69, 9.17) is 0 Å². The molecule has 4 nitrogen and oxygen atoms in total. The molecule has 22 heavy (non-hydrogen) atoms. The van der Waals surface area contributed by atoms with Crippen LogP contribution in [0.1, 0.15) is 71.6 Å². The monoisotopic (exact) mass is 308 g/mol. The molecule has 2 rings (SSSR count). The Morgan fingerprint density at radius 2 is 1.82 bits per heavy atom. The first kappa shape index (κ1) is 17.3. The molecule has 1 saturated carbocycles. The first-order chi connectivity index (χ1) is 10.6. The molecule has 0 radical (unpaired) electrons. The number of hydrogen-bond acceptors (Lipinski definition) is 2. The number of likely N-dealkylation sites (tertiary alicyclic amines) is 1. The highest BCUT2D eigenvalue weighted by Gasteiger charge is 2.34. The van der Waals surface area contributed by atoms with Gasteiger partial charge < -0.3 is 10.2 Å². The van der Waals surface area contributed by atoms with Crippen molar-refractivity contribution in [1.82, 2.24) is 10.2 Å². The van der Waals surface area contributed by atoms with E-state index >= 15 is 0 Å². The molecule has 2 amide bonds. The Labute approximate surface area is 135 Å². The summed E-state index contributed by atoms with van der Waals surface area (Å²) in [6, 6.07) is -0.289. The molecule has 0 bridgehead atoms. The molecule has 126 valence electrons. The molecule has 2 unspecified atom stereocenters. The molecule has 0 aromatic carbocycles. The molecule has 0 aromatic heterocycles. The van der Waals surface area contributed by atoms with Crippen molar-refractivity contribution in [1.29, 1.82) is 0 Å². The van der Waals surface area contributed by atoms with Crippen molar-refractivity contribution >= 4 is 11.8 Å². The lowest BCUT2D eigenvalue weighted by Gasteiger charge is -2.30. The molecule has 0 spiro atoms. The molecule has 1 aliphatic heterocycles. The van der Waals surface area contributed by atoms with Crippen LogP contribution < -0.4 is 5.32 Å². The molecular formula is C18H32N2O2. The van der Waals surface area contributed by atoms with E-state index in [1.165, 1.54) is 39.0 Å². The zero-order chi connectivity index (χ0) is 15.9. The van der Waals surface area contributed by atoms with E-state index in [1.54, 1.807) is 0 Å². The van der Waals surface area contributed by atoms with Crippen LogP contribution in [0.15, 0.2) is 0 Å². The summed E-state index contributed by atoms with van der Waals surface area (Å²) in [5, 5.41) is 2.95. The predicted molar refractivity (Wildman–Crippen MR) is 88.4 cm³/mol. The van der Waals surface area contributed by atoms with Gasteiger partial charge >= 0.3 is 0 Å². The Morgan fingerprint density at radius 3 is 2.45 bits per heavy atom. The summed E-state index contributed by atoms with van der Waals surface area (Å²) in [4.78, 5) is 26.5. The second kappa shape index (κ2) is 8.54. The van der Waals surface area contributed by atoms with Crippen LogP contribution in [0.4, 0.5) is 0 Å². The molecule has 2 fully saturated rings. The van der Waals surface area contributed by atoms with Gasteiger partial charge in [-0.25, -0.2) is 0 Å². The van der Waals surface area contributed by atoms with E-state index < -0.39 is 0 Å². The normalized spacial score (nSPS) is 24.8. The van der Waals surface area contributed by atoms with Gasteiger partial charge in [0.25, 0.3) is 0 Å². The van der Waals surface area contributed by atoms with Crippen molar-refractivity contribution in [2.45, 2.75) is 77.7 Å². The zero-order valence-corrected chi connectivity index (χ0v) is 14.3. The Balaban J connectivity index is 1.97. The van der Waals surface area contributed by atoms with E-state index in [0.717, 1.165) is 44.7 Å². The van der Waals surface area contributed by atoms with E-state index in [2.05, 4.69) is 12.2 Å². The van der Waals surface area contributed by atoms with Crippen LogP contribution in [-0.4, -0.2) is 35.8 Å². The van der Waals surface area contributed by atoms with Gasteiger partial charge in [-0.1, -0.05) is 32.6 Å². The largest absolute Gasteiger partial charge is 0.344 e. The third kappa shape index (κ3) is 4.72. The quantitative estimate of drug-likeness (QED) is 0.848. The van der Waals surface area contributed by atoms with Crippen molar-refractivity contribution in [3.63, 3.8) is 0 Å². The lowest BCUT2D eigenvalue weighted by Crippen LogP contribution is -2.51. The van der Waals surface area contributed by atoms with E-state index in [9.17, 15) is 9.59 Å². The molecule has 1 aliphatic carbocycles. The lowest BCUT2D eigenvalue weighted by atomic mass is 9.95. The zero-order valence-electron chi connectivity index (χ0n) is 14.3. The van der Waals surface area contributed by atoms with Crippen molar-refractivity contribution < 1.29 is 9.59 Å². The van der Waals surface area contributed by atoms with Gasteiger partial charge in [-0.3, -0.25) is 9.59 Å². The fourth-order valence-corrected chi connectivity index (χ4v) is 4.17. The summed E-state index contributed by atoms with van der Waals surface area (Å²) >= 11 is 0. The van der Waals surface area contributed by atoms with Crippen LogP contribution in [0.25, 0.3) is 0 Å². The Bertz CT molecular complexity index is 377. The number of hydrogen-bond donors (Lipinski definition) is 1. The van der Waals surface area contributed by atoms with Crippen LogP contribution >= 0.6 is 0 Å². The van der Waals surface area contributed by atoms with Gasteiger partial charge in [0.1, 0.15) is 6.04 Å². The van der Waals surface area contributed by atoms with E-state index in [1.807, 2.05) is 4.90 Å². The second-order valence-electron chi connectivity index (χ2n) is 7.13. The molecule has 0 aromatic rings. The Morgan fingerprint density at radius 1 is 1.09 bits per heavy atom. The molecule has 1 heterocycles. The molecular weight excluding hydrogens is 276 g/mol. The maximum absolute atomic E-state index is 12.9. The fraction of sp³-hybridized carbons (Fsp3) is 0.889. The van der Waals surface area contributed by atoms with Gasteiger partial charge in [0.05, 0.1) is 0 Å². The highest BCUT2D eigenvalue weighted by molar-refractivity contribution is 5.87. The minimum Gasteiger partial charge on any atom is -0.344 e. The average Bonchev–Trinajstić information content (AvgIpc) is 2.91. The minimum absolute atomic E-state index is 0.0797. The number of carbonyl (C=O) groups is 2. The maximum atomic E-state index is 12.9. The first-order valence-corrected chi connectivity index (χ1v) is 9.17. The van der Waals surface area contributed by atoms with Crippen LogP contribution in [0.3, 0.4) is 0 Å². The number of nitrogens with zero attached hydrogens (tertiary/aromatic N) is 1. The van der Waals surface area contributed by atoms with Crippen LogP contribution in [0, 0.1) is 11.8 Å². The third-order valence-electron chi connectivity index (χ3n) is 5.35. The van der Waals surface area contributed by atoms with Gasteiger partial charge in [-0.2, -0.15) is 0 Å². The first-order valence-electron chi connectivity index (χ1n) is 9.17. The topological polar surface area (TPSA) is 49.4 Å². The Kier molecular flexibility index (Phi) is 6.71. The molecule has 1 N–H and O–H groups in total. The molecule has 4 heteroatoms. The highest BCUT2D eigenvalue weighted by atomic mass is 16.2. The molecule has 2 atom stereocenters. The lowest BCUT2D eigenvalue weighted by molar-refractivity contribution is -0.137. The van der Waals surface area contributed by atoms with Gasteiger partial charge in [-0.15, -0.1) is 0 Å². The van der Waals surface area contributed by atoms with Crippen molar-refractivity contribution in [2.24, 2.45) is 11.8 Å². The standard InChI is InChI=1S/C18H32N2O2/c1-3-7-15-8-6-12-20(13-11-15)18(22)17(19-14(2)21)16-9-4-5-10-16/h15-17H,3-13H2,1-2H3,(H,19,21).